The maximum atomic E-state index is 5.66. The van der Waals surface area contributed by atoms with Crippen molar-refractivity contribution >= 4 is 27.4 Å². The van der Waals surface area contributed by atoms with Crippen molar-refractivity contribution in [1.29, 1.82) is 0 Å². The summed E-state index contributed by atoms with van der Waals surface area (Å²) in [6.07, 6.45) is 4.21. The van der Waals surface area contributed by atoms with Crippen LogP contribution in [0.2, 0.25) is 0 Å². The third kappa shape index (κ3) is 2.69. The molecular formula is C17H17N3OS. The van der Waals surface area contributed by atoms with E-state index in [1.807, 2.05) is 6.07 Å². The second kappa shape index (κ2) is 6.02. The molecule has 1 aliphatic rings. The number of thiophene rings is 1. The Hall–Kier alpha value is -1.98. The molecular weight excluding hydrogens is 294 g/mol. The molecule has 0 bridgehead atoms. The van der Waals surface area contributed by atoms with E-state index < -0.39 is 0 Å². The van der Waals surface area contributed by atoms with E-state index in [0.717, 1.165) is 42.0 Å². The fraction of sp³-hybridized carbons (Fsp3) is 0.294. The predicted molar refractivity (Wildman–Crippen MR) is 90.3 cm³/mol. The average molecular weight is 311 g/mol. The van der Waals surface area contributed by atoms with Crippen LogP contribution in [0.25, 0.3) is 20.7 Å². The van der Waals surface area contributed by atoms with Gasteiger partial charge in [0.2, 0.25) is 0 Å². The minimum Gasteiger partial charge on any atom is -0.376 e. The Morgan fingerprint density at radius 3 is 2.95 bits per heavy atom. The number of hydrogen-bond acceptors (Lipinski definition) is 5. The van der Waals surface area contributed by atoms with Gasteiger partial charge in [-0.2, -0.15) is 0 Å². The molecule has 112 valence electrons. The van der Waals surface area contributed by atoms with Crippen LogP contribution in [0.5, 0.6) is 0 Å². The van der Waals surface area contributed by atoms with Gasteiger partial charge in [0.25, 0.3) is 0 Å². The summed E-state index contributed by atoms with van der Waals surface area (Å²) in [6, 6.07) is 12.6. The van der Waals surface area contributed by atoms with Crippen molar-refractivity contribution in [3.63, 3.8) is 0 Å². The zero-order valence-corrected chi connectivity index (χ0v) is 13.0. The predicted octanol–water partition coefficient (Wildman–Crippen LogP) is 3.95. The first-order chi connectivity index (χ1) is 10.9. The summed E-state index contributed by atoms with van der Waals surface area (Å²) in [7, 11) is 0. The number of fused-ring (bicyclic) bond motifs is 1. The fourth-order valence-corrected chi connectivity index (χ4v) is 3.76. The molecule has 0 aliphatic carbocycles. The lowest BCUT2D eigenvalue weighted by Crippen LogP contribution is -2.19. The molecule has 3 heterocycles. The third-order valence-electron chi connectivity index (χ3n) is 3.91. The van der Waals surface area contributed by atoms with E-state index in [1.54, 1.807) is 17.7 Å². The topological polar surface area (TPSA) is 47.0 Å². The van der Waals surface area contributed by atoms with Crippen LogP contribution >= 0.6 is 11.3 Å². The standard InChI is InChI=1S/C17H17N3OS/c1-2-5-12(6-3-1)15-9-14-16(19-11-20-17(14)22-15)18-10-13-7-4-8-21-13/h1-3,5-6,9,11,13H,4,7-8,10H2,(H,18,19,20)/t13-/m1/s1. The van der Waals surface area contributed by atoms with E-state index in [1.165, 1.54) is 10.4 Å². The van der Waals surface area contributed by atoms with Gasteiger partial charge in [-0.15, -0.1) is 11.3 Å². The van der Waals surface area contributed by atoms with Crippen molar-refractivity contribution in [3.05, 3.63) is 42.7 Å². The molecule has 22 heavy (non-hydrogen) atoms. The maximum absolute atomic E-state index is 5.66. The molecule has 0 amide bonds. The molecule has 0 spiro atoms. The Kier molecular flexibility index (Phi) is 3.74. The quantitative estimate of drug-likeness (QED) is 0.792. The minimum atomic E-state index is 0.303. The lowest BCUT2D eigenvalue weighted by molar-refractivity contribution is 0.120. The normalized spacial score (nSPS) is 17.9. The maximum Gasteiger partial charge on any atom is 0.138 e. The van der Waals surface area contributed by atoms with Gasteiger partial charge < -0.3 is 10.1 Å². The van der Waals surface area contributed by atoms with Gasteiger partial charge >= 0.3 is 0 Å². The van der Waals surface area contributed by atoms with E-state index >= 15 is 0 Å². The number of benzene rings is 1. The van der Waals surface area contributed by atoms with Crippen LogP contribution in [-0.2, 0) is 4.74 Å². The summed E-state index contributed by atoms with van der Waals surface area (Å²) >= 11 is 1.70. The summed E-state index contributed by atoms with van der Waals surface area (Å²) in [5, 5.41) is 4.51. The molecule has 5 heteroatoms. The van der Waals surface area contributed by atoms with Crippen LogP contribution in [0.15, 0.2) is 42.7 Å². The van der Waals surface area contributed by atoms with Crippen molar-refractivity contribution < 1.29 is 4.74 Å². The number of anilines is 1. The Morgan fingerprint density at radius 2 is 2.14 bits per heavy atom. The number of ether oxygens (including phenoxy) is 1. The van der Waals surface area contributed by atoms with Crippen LogP contribution in [-0.4, -0.2) is 29.2 Å². The van der Waals surface area contributed by atoms with Gasteiger partial charge in [0.15, 0.2) is 0 Å². The number of rotatable bonds is 4. The third-order valence-corrected chi connectivity index (χ3v) is 5.00. The van der Waals surface area contributed by atoms with Crippen LogP contribution in [0, 0.1) is 0 Å². The van der Waals surface area contributed by atoms with Crippen LogP contribution in [0.1, 0.15) is 12.8 Å². The van der Waals surface area contributed by atoms with Crippen molar-refractivity contribution in [1.82, 2.24) is 9.97 Å². The number of nitrogens with zero attached hydrogens (tertiary/aromatic N) is 2. The number of nitrogens with one attached hydrogen (secondary N) is 1. The minimum absolute atomic E-state index is 0.303. The van der Waals surface area contributed by atoms with Crippen molar-refractivity contribution in [3.8, 4) is 10.4 Å². The Balaban J connectivity index is 1.63. The Labute approximate surface area is 133 Å². The molecule has 1 aromatic carbocycles. The lowest BCUT2D eigenvalue weighted by Gasteiger charge is -2.11. The van der Waals surface area contributed by atoms with Crippen molar-refractivity contribution in [2.24, 2.45) is 0 Å². The first kappa shape index (κ1) is 13.7. The molecule has 1 fully saturated rings. The molecule has 1 aliphatic heterocycles. The first-order valence-corrected chi connectivity index (χ1v) is 8.37. The van der Waals surface area contributed by atoms with Gasteiger partial charge in [0, 0.05) is 18.0 Å². The highest BCUT2D eigenvalue weighted by Gasteiger charge is 2.16. The highest BCUT2D eigenvalue weighted by Crippen LogP contribution is 2.34. The van der Waals surface area contributed by atoms with Gasteiger partial charge in [-0.3, -0.25) is 0 Å². The highest BCUT2D eigenvalue weighted by molar-refractivity contribution is 7.21. The van der Waals surface area contributed by atoms with Gasteiger partial charge in [-0.25, -0.2) is 9.97 Å². The smallest absolute Gasteiger partial charge is 0.138 e. The molecule has 1 atom stereocenters. The van der Waals surface area contributed by atoms with Crippen LogP contribution < -0.4 is 5.32 Å². The molecule has 0 saturated carbocycles. The van der Waals surface area contributed by atoms with Crippen molar-refractivity contribution in [2.75, 3.05) is 18.5 Å². The summed E-state index contributed by atoms with van der Waals surface area (Å²) in [4.78, 5) is 11.0. The summed E-state index contributed by atoms with van der Waals surface area (Å²) < 4.78 is 5.66. The first-order valence-electron chi connectivity index (χ1n) is 7.55. The summed E-state index contributed by atoms with van der Waals surface area (Å²) in [6.45, 7) is 1.69. The molecule has 4 rings (SSSR count). The molecule has 4 nitrogen and oxygen atoms in total. The van der Waals surface area contributed by atoms with Crippen molar-refractivity contribution in [2.45, 2.75) is 18.9 Å². The number of aromatic nitrogens is 2. The monoisotopic (exact) mass is 311 g/mol. The van der Waals surface area contributed by atoms with Gasteiger partial charge in [0.05, 0.1) is 11.5 Å². The van der Waals surface area contributed by atoms with Gasteiger partial charge in [0.1, 0.15) is 17.0 Å². The zero-order chi connectivity index (χ0) is 14.8. The van der Waals surface area contributed by atoms with E-state index in [4.69, 9.17) is 4.74 Å². The molecule has 1 saturated heterocycles. The van der Waals surface area contributed by atoms with E-state index in [9.17, 15) is 0 Å². The van der Waals surface area contributed by atoms with Gasteiger partial charge in [-0.05, 0) is 24.5 Å². The SMILES string of the molecule is c1ccc(-c2cc3c(NC[C@H]4CCCO4)ncnc3s2)cc1. The molecule has 0 unspecified atom stereocenters. The van der Waals surface area contributed by atoms with Crippen LogP contribution in [0.4, 0.5) is 5.82 Å². The van der Waals surface area contributed by atoms with Gasteiger partial charge in [-0.1, -0.05) is 30.3 Å². The molecule has 1 N–H and O–H groups in total. The molecule has 0 radical (unpaired) electrons. The van der Waals surface area contributed by atoms with E-state index in [-0.39, 0.29) is 0 Å². The fourth-order valence-electron chi connectivity index (χ4n) is 2.76. The highest BCUT2D eigenvalue weighted by atomic mass is 32.1. The molecule has 3 aromatic rings. The lowest BCUT2D eigenvalue weighted by atomic mass is 10.2. The van der Waals surface area contributed by atoms with E-state index in [0.29, 0.717) is 6.10 Å². The Bertz CT molecular complexity index is 766. The number of hydrogen-bond donors (Lipinski definition) is 1. The summed E-state index contributed by atoms with van der Waals surface area (Å²) in [5.41, 5.74) is 1.22. The Morgan fingerprint density at radius 1 is 1.23 bits per heavy atom. The molecule has 2 aromatic heterocycles. The second-order valence-electron chi connectivity index (χ2n) is 5.43. The van der Waals surface area contributed by atoms with E-state index in [2.05, 4.69) is 45.6 Å². The summed E-state index contributed by atoms with van der Waals surface area (Å²) in [5.74, 6) is 0.902. The average Bonchev–Trinajstić information content (AvgIpc) is 3.23. The zero-order valence-electron chi connectivity index (χ0n) is 12.2. The largest absolute Gasteiger partial charge is 0.376 e. The second-order valence-corrected chi connectivity index (χ2v) is 6.46. The van der Waals surface area contributed by atoms with Crippen LogP contribution in [0.3, 0.4) is 0 Å².